The van der Waals surface area contributed by atoms with Gasteiger partial charge >= 0.3 is 6.01 Å². The Balaban J connectivity index is 2.41. The van der Waals surface area contributed by atoms with Crippen molar-refractivity contribution in [2.45, 2.75) is 67.2 Å². The van der Waals surface area contributed by atoms with Gasteiger partial charge in [0, 0.05) is 12.0 Å². The van der Waals surface area contributed by atoms with E-state index < -0.39 is 0 Å². The van der Waals surface area contributed by atoms with E-state index in [1.165, 1.54) is 10.2 Å². The Hall–Kier alpha value is -2.17. The number of hydrogen-bond donors (Lipinski definition) is 0. The fourth-order valence-corrected chi connectivity index (χ4v) is 2.60. The summed E-state index contributed by atoms with van der Waals surface area (Å²) in [4.78, 5) is 17.3. The predicted octanol–water partition coefficient (Wildman–Crippen LogP) is 5.35. The van der Waals surface area contributed by atoms with Gasteiger partial charge < -0.3 is 4.74 Å². The summed E-state index contributed by atoms with van der Waals surface area (Å²) in [6.07, 6.45) is 0.382. The van der Waals surface area contributed by atoms with Crippen LogP contribution in [0, 0.1) is 11.3 Å². The summed E-state index contributed by atoms with van der Waals surface area (Å²) in [5.74, 6) is 0.810. The molecule has 0 atom stereocenters. The molecule has 2 aromatic rings. The van der Waals surface area contributed by atoms with Gasteiger partial charge in [-0.05, 0) is 22.3 Å². The number of rotatable bonds is 5. The molecule has 1 aromatic heterocycles. The van der Waals surface area contributed by atoms with Crippen molar-refractivity contribution >= 4 is 5.91 Å². The molecule has 0 amide bonds. The second-order valence-corrected chi connectivity index (χ2v) is 9.79. The Labute approximate surface area is 163 Å². The lowest BCUT2D eigenvalue weighted by molar-refractivity contribution is 0.0839. The molecule has 5 nitrogen and oxygen atoms in total. The van der Waals surface area contributed by atoms with Gasteiger partial charge in [-0.1, -0.05) is 79.7 Å². The van der Waals surface area contributed by atoms with E-state index in [-0.39, 0.29) is 22.7 Å². The van der Waals surface area contributed by atoms with Crippen molar-refractivity contribution in [2.24, 2.45) is 11.3 Å². The van der Waals surface area contributed by atoms with Crippen LogP contribution in [0.5, 0.6) is 6.01 Å². The lowest BCUT2D eigenvalue weighted by Gasteiger charge is -2.19. The van der Waals surface area contributed by atoms with Gasteiger partial charge in [-0.3, -0.25) is 4.79 Å². The molecule has 27 heavy (non-hydrogen) atoms. The zero-order valence-corrected chi connectivity index (χ0v) is 18.0. The summed E-state index contributed by atoms with van der Waals surface area (Å²) in [6.45, 7) is 17.3. The number of nitrogens with zero attached hydrogens (tertiary/aromatic N) is 3. The van der Waals surface area contributed by atoms with E-state index >= 15 is 0 Å². The van der Waals surface area contributed by atoms with Crippen LogP contribution in [-0.4, -0.2) is 27.3 Å². The molecule has 0 N–H and O–H groups in total. The van der Waals surface area contributed by atoms with E-state index in [1.54, 1.807) is 0 Å². The maximum Gasteiger partial charge on any atom is 0.336 e. The van der Waals surface area contributed by atoms with Crippen molar-refractivity contribution < 1.29 is 9.53 Å². The van der Waals surface area contributed by atoms with E-state index in [2.05, 4.69) is 56.8 Å². The molecule has 0 radical (unpaired) electrons. The highest BCUT2D eigenvalue weighted by Gasteiger charge is 2.24. The average Bonchev–Trinajstić information content (AvgIpc) is 2.95. The first-order valence-corrected chi connectivity index (χ1v) is 9.61. The first-order chi connectivity index (χ1) is 12.4. The van der Waals surface area contributed by atoms with Crippen LogP contribution in [0.15, 0.2) is 24.3 Å². The van der Waals surface area contributed by atoms with E-state index in [0.717, 1.165) is 5.56 Å². The fraction of sp³-hybridized carbons (Fsp3) is 0.591. The van der Waals surface area contributed by atoms with Crippen LogP contribution in [0.4, 0.5) is 0 Å². The Kier molecular flexibility index (Phi) is 6.13. The third-order valence-electron chi connectivity index (χ3n) is 4.06. The number of hydrogen-bond acceptors (Lipinski definition) is 4. The van der Waals surface area contributed by atoms with E-state index in [4.69, 9.17) is 4.74 Å². The highest BCUT2D eigenvalue weighted by molar-refractivity contribution is 5.82. The van der Waals surface area contributed by atoms with Crippen LogP contribution in [0.3, 0.4) is 0 Å². The Morgan fingerprint density at radius 1 is 1.07 bits per heavy atom. The normalized spacial score (nSPS) is 12.5. The lowest BCUT2D eigenvalue weighted by Crippen LogP contribution is -2.21. The second-order valence-electron chi connectivity index (χ2n) is 9.79. The van der Waals surface area contributed by atoms with Crippen molar-refractivity contribution in [1.82, 2.24) is 14.8 Å². The minimum absolute atomic E-state index is 0.0692. The van der Waals surface area contributed by atoms with Gasteiger partial charge in [-0.25, -0.2) is 0 Å². The molecule has 1 aromatic carbocycles. The summed E-state index contributed by atoms with van der Waals surface area (Å²) in [5, 5.41) is 4.35. The van der Waals surface area contributed by atoms with E-state index in [9.17, 15) is 4.79 Å². The topological polar surface area (TPSA) is 57.0 Å². The molecular formula is C22H33N3O2. The zero-order valence-electron chi connectivity index (χ0n) is 18.0. The van der Waals surface area contributed by atoms with E-state index in [1.807, 2.05) is 32.9 Å². The Morgan fingerprint density at radius 2 is 1.67 bits per heavy atom. The third-order valence-corrected chi connectivity index (χ3v) is 4.06. The molecule has 1 heterocycles. The van der Waals surface area contributed by atoms with Crippen LogP contribution in [0.25, 0.3) is 11.4 Å². The summed E-state index contributed by atoms with van der Waals surface area (Å²) in [7, 11) is 0. The molecule has 0 aliphatic heterocycles. The zero-order chi connectivity index (χ0) is 20.4. The number of aromatic nitrogens is 3. The van der Waals surface area contributed by atoms with Crippen molar-refractivity contribution in [2.75, 3.05) is 6.61 Å². The fourth-order valence-electron chi connectivity index (χ4n) is 2.60. The quantitative estimate of drug-likeness (QED) is 0.710. The second kappa shape index (κ2) is 7.83. The Morgan fingerprint density at radius 3 is 2.15 bits per heavy atom. The van der Waals surface area contributed by atoms with Crippen LogP contribution < -0.4 is 4.74 Å². The van der Waals surface area contributed by atoms with Gasteiger partial charge in [0.1, 0.15) is 0 Å². The standard InChI is InChI=1S/C22H33N3O2/c1-15(2)14-27-20-23-19(25(24-20)18(26)13-21(3,4)5)16-9-11-17(12-10-16)22(6,7)8/h9-12,15H,13-14H2,1-8H3. The molecule has 0 fully saturated rings. The van der Waals surface area contributed by atoms with Gasteiger partial charge in [0.15, 0.2) is 5.82 Å². The lowest BCUT2D eigenvalue weighted by atomic mass is 9.86. The molecular weight excluding hydrogens is 338 g/mol. The van der Waals surface area contributed by atoms with Crippen LogP contribution in [0.2, 0.25) is 0 Å². The average molecular weight is 372 g/mol. The van der Waals surface area contributed by atoms with E-state index in [0.29, 0.717) is 24.8 Å². The highest BCUT2D eigenvalue weighted by atomic mass is 16.5. The number of carbonyl (C=O) groups is 1. The molecule has 0 bridgehead atoms. The summed E-state index contributed by atoms with van der Waals surface area (Å²) >= 11 is 0. The van der Waals surface area contributed by atoms with Crippen molar-refractivity contribution in [1.29, 1.82) is 0 Å². The monoisotopic (exact) mass is 371 g/mol. The number of benzene rings is 1. The largest absolute Gasteiger partial charge is 0.462 e. The van der Waals surface area contributed by atoms with Gasteiger partial charge in [-0.15, -0.1) is 5.10 Å². The molecule has 5 heteroatoms. The SMILES string of the molecule is CC(C)COc1nc(-c2ccc(C(C)(C)C)cc2)n(C(=O)CC(C)(C)C)n1. The van der Waals surface area contributed by atoms with Crippen molar-refractivity contribution in [3.05, 3.63) is 29.8 Å². The molecule has 0 aliphatic carbocycles. The smallest absolute Gasteiger partial charge is 0.336 e. The summed E-state index contributed by atoms with van der Waals surface area (Å²) < 4.78 is 7.07. The van der Waals surface area contributed by atoms with Gasteiger partial charge in [0.2, 0.25) is 5.91 Å². The minimum Gasteiger partial charge on any atom is -0.462 e. The summed E-state index contributed by atoms with van der Waals surface area (Å²) in [5.41, 5.74) is 2.03. The minimum atomic E-state index is -0.130. The molecule has 2 rings (SSSR count). The van der Waals surface area contributed by atoms with Gasteiger partial charge in [0.25, 0.3) is 0 Å². The number of carbonyl (C=O) groups excluding carboxylic acids is 1. The van der Waals surface area contributed by atoms with Crippen LogP contribution >= 0.6 is 0 Å². The third kappa shape index (κ3) is 5.91. The molecule has 0 saturated carbocycles. The van der Waals surface area contributed by atoms with Crippen LogP contribution in [0.1, 0.15) is 72.2 Å². The van der Waals surface area contributed by atoms with Crippen LogP contribution in [-0.2, 0) is 5.41 Å². The summed E-state index contributed by atoms with van der Waals surface area (Å²) in [6, 6.07) is 8.41. The van der Waals surface area contributed by atoms with Gasteiger partial charge in [-0.2, -0.15) is 9.67 Å². The Bertz CT molecular complexity index is 775. The highest BCUT2D eigenvalue weighted by Crippen LogP contribution is 2.27. The molecule has 148 valence electrons. The maximum absolute atomic E-state index is 12.8. The van der Waals surface area contributed by atoms with Crippen molar-refractivity contribution in [3.8, 4) is 17.4 Å². The predicted molar refractivity (Wildman–Crippen MR) is 109 cm³/mol. The molecule has 0 spiro atoms. The molecule has 0 unspecified atom stereocenters. The van der Waals surface area contributed by atoms with Crippen molar-refractivity contribution in [3.63, 3.8) is 0 Å². The molecule has 0 aliphatic rings. The molecule has 0 saturated heterocycles. The maximum atomic E-state index is 12.8. The first kappa shape index (κ1) is 21.1. The number of ether oxygens (including phenoxy) is 1. The first-order valence-electron chi connectivity index (χ1n) is 9.61. The van der Waals surface area contributed by atoms with Gasteiger partial charge in [0.05, 0.1) is 6.61 Å².